The summed E-state index contributed by atoms with van der Waals surface area (Å²) >= 11 is 0. The number of anilines is 1. The Morgan fingerprint density at radius 3 is 2.51 bits per heavy atom. The molecule has 0 aliphatic carbocycles. The summed E-state index contributed by atoms with van der Waals surface area (Å²) in [5, 5.41) is 2.28. The van der Waals surface area contributed by atoms with Crippen LogP contribution in [0.25, 0.3) is 6.08 Å². The van der Waals surface area contributed by atoms with Crippen molar-refractivity contribution in [1.29, 1.82) is 0 Å². The Kier molecular flexibility index (Phi) is 6.96. The van der Waals surface area contributed by atoms with Crippen LogP contribution in [0.4, 0.5) is 10.5 Å². The molecule has 4 rings (SSSR count). The highest BCUT2D eigenvalue weighted by Gasteiger charge is 2.37. The number of aryl methyl sites for hydroxylation is 2. The number of benzene rings is 3. The Bertz CT molecular complexity index is 1330. The van der Waals surface area contributed by atoms with Gasteiger partial charge in [0.05, 0.1) is 12.8 Å². The van der Waals surface area contributed by atoms with Gasteiger partial charge in [0.15, 0.2) is 0 Å². The number of ether oxygens (including phenoxy) is 2. The average molecular weight is 471 g/mol. The zero-order valence-electron chi connectivity index (χ0n) is 19.8. The third-order valence-corrected chi connectivity index (χ3v) is 5.71. The first kappa shape index (κ1) is 23.8. The molecule has 7 heteroatoms. The molecular formula is C28H26N2O5. The van der Waals surface area contributed by atoms with E-state index in [1.54, 1.807) is 37.4 Å². The number of rotatable bonds is 7. The molecule has 1 aliphatic rings. The third-order valence-electron chi connectivity index (χ3n) is 5.71. The number of para-hydroxylation sites is 1. The molecule has 3 aromatic carbocycles. The summed E-state index contributed by atoms with van der Waals surface area (Å²) < 4.78 is 11.4. The smallest absolute Gasteiger partial charge is 0.335 e. The van der Waals surface area contributed by atoms with E-state index < -0.39 is 17.8 Å². The average Bonchev–Trinajstić information content (AvgIpc) is 2.86. The van der Waals surface area contributed by atoms with E-state index in [0.29, 0.717) is 35.8 Å². The molecule has 0 unspecified atom stereocenters. The van der Waals surface area contributed by atoms with Crippen LogP contribution >= 0.6 is 0 Å². The van der Waals surface area contributed by atoms with Gasteiger partial charge in [0, 0.05) is 11.6 Å². The minimum atomic E-state index is -0.774. The lowest BCUT2D eigenvalue weighted by molar-refractivity contribution is -0.122. The Morgan fingerprint density at radius 1 is 0.971 bits per heavy atom. The number of nitrogens with one attached hydrogen (secondary N) is 1. The highest BCUT2D eigenvalue weighted by molar-refractivity contribution is 6.39. The Balaban J connectivity index is 1.71. The van der Waals surface area contributed by atoms with Crippen LogP contribution in [-0.2, 0) is 22.6 Å². The number of nitrogens with zero attached hydrogens (tertiary/aromatic N) is 1. The molecule has 0 saturated carbocycles. The molecule has 3 aromatic rings. The zero-order chi connectivity index (χ0) is 24.9. The van der Waals surface area contributed by atoms with Crippen molar-refractivity contribution < 1.29 is 23.9 Å². The first-order valence-corrected chi connectivity index (χ1v) is 11.3. The summed E-state index contributed by atoms with van der Waals surface area (Å²) in [6.45, 7) is 4.23. The van der Waals surface area contributed by atoms with E-state index in [-0.39, 0.29) is 5.57 Å². The Hall–Kier alpha value is -4.39. The molecule has 0 radical (unpaired) electrons. The molecule has 4 amide bonds. The van der Waals surface area contributed by atoms with E-state index in [1.807, 2.05) is 50.2 Å². The highest BCUT2D eigenvalue weighted by Crippen LogP contribution is 2.30. The molecule has 0 atom stereocenters. The minimum Gasteiger partial charge on any atom is -0.497 e. The normalized spacial score (nSPS) is 14.8. The molecule has 1 aliphatic heterocycles. The lowest BCUT2D eigenvalue weighted by Crippen LogP contribution is -2.54. The number of methoxy groups -OCH3 is 1. The lowest BCUT2D eigenvalue weighted by Gasteiger charge is -2.28. The van der Waals surface area contributed by atoms with Gasteiger partial charge >= 0.3 is 6.03 Å². The van der Waals surface area contributed by atoms with Crippen molar-refractivity contribution in [3.05, 3.63) is 94.6 Å². The van der Waals surface area contributed by atoms with Gasteiger partial charge in [-0.2, -0.15) is 0 Å². The van der Waals surface area contributed by atoms with Crippen molar-refractivity contribution in [2.75, 3.05) is 12.0 Å². The molecule has 0 spiro atoms. The molecule has 1 fully saturated rings. The maximum atomic E-state index is 13.4. The number of imide groups is 2. The van der Waals surface area contributed by atoms with E-state index in [0.717, 1.165) is 21.6 Å². The Morgan fingerprint density at radius 2 is 1.77 bits per heavy atom. The van der Waals surface area contributed by atoms with Crippen LogP contribution in [0.3, 0.4) is 0 Å². The number of hydrogen-bond donors (Lipinski definition) is 1. The van der Waals surface area contributed by atoms with E-state index >= 15 is 0 Å². The van der Waals surface area contributed by atoms with E-state index in [9.17, 15) is 14.4 Å². The second-order valence-corrected chi connectivity index (χ2v) is 8.12. The zero-order valence-corrected chi connectivity index (χ0v) is 19.8. The SMILES string of the molecule is CCc1ccccc1N1C(=O)NC(=O)/C(=C/c2ccc(OC)cc2OCc2cccc(C)c2)C1=O. The van der Waals surface area contributed by atoms with Gasteiger partial charge < -0.3 is 9.47 Å². The number of barbiturate groups is 1. The van der Waals surface area contributed by atoms with E-state index in [4.69, 9.17) is 9.47 Å². The molecule has 7 nitrogen and oxygen atoms in total. The molecule has 0 bridgehead atoms. The minimum absolute atomic E-state index is 0.166. The van der Waals surface area contributed by atoms with Crippen molar-refractivity contribution in [2.24, 2.45) is 0 Å². The molecule has 35 heavy (non-hydrogen) atoms. The lowest BCUT2D eigenvalue weighted by atomic mass is 10.0. The third kappa shape index (κ3) is 5.09. The van der Waals surface area contributed by atoms with Gasteiger partial charge in [-0.05, 0) is 48.7 Å². The molecule has 1 N–H and O–H groups in total. The van der Waals surface area contributed by atoms with Crippen LogP contribution in [0.2, 0.25) is 0 Å². The van der Waals surface area contributed by atoms with Crippen molar-refractivity contribution in [3.8, 4) is 11.5 Å². The van der Waals surface area contributed by atoms with Crippen LogP contribution in [0.5, 0.6) is 11.5 Å². The van der Waals surface area contributed by atoms with Crippen LogP contribution in [0.1, 0.15) is 29.2 Å². The standard InChI is InChI=1S/C28H26N2O5/c1-4-20-10-5-6-11-24(20)30-27(32)23(26(31)29-28(30)33)15-21-12-13-22(34-3)16-25(21)35-17-19-9-7-8-18(2)14-19/h5-16H,4,17H2,1-3H3,(H,29,31,33)/b23-15-. The molecule has 0 aromatic heterocycles. The molecule has 1 saturated heterocycles. The highest BCUT2D eigenvalue weighted by atomic mass is 16.5. The predicted molar refractivity (Wildman–Crippen MR) is 133 cm³/mol. The van der Waals surface area contributed by atoms with Crippen LogP contribution < -0.4 is 19.7 Å². The van der Waals surface area contributed by atoms with Gasteiger partial charge in [-0.1, -0.05) is 55.0 Å². The molecule has 178 valence electrons. The Labute approximate surface area is 204 Å². The topological polar surface area (TPSA) is 84.9 Å². The maximum absolute atomic E-state index is 13.4. The number of carbonyl (C=O) groups excluding carboxylic acids is 3. The van der Waals surface area contributed by atoms with Gasteiger partial charge in [0.25, 0.3) is 11.8 Å². The van der Waals surface area contributed by atoms with Crippen LogP contribution in [0.15, 0.2) is 72.3 Å². The van der Waals surface area contributed by atoms with E-state index in [1.165, 1.54) is 6.08 Å². The second kappa shape index (κ2) is 10.3. The first-order valence-electron chi connectivity index (χ1n) is 11.3. The van der Waals surface area contributed by atoms with Gasteiger partial charge in [-0.25, -0.2) is 9.69 Å². The van der Waals surface area contributed by atoms with Crippen molar-refractivity contribution >= 4 is 29.6 Å². The number of carbonyl (C=O) groups is 3. The quantitative estimate of drug-likeness (QED) is 0.396. The monoisotopic (exact) mass is 470 g/mol. The van der Waals surface area contributed by atoms with E-state index in [2.05, 4.69) is 5.32 Å². The molecule has 1 heterocycles. The summed E-state index contributed by atoms with van der Waals surface area (Å²) in [4.78, 5) is 39.7. The number of urea groups is 1. The van der Waals surface area contributed by atoms with Gasteiger partial charge in [-0.3, -0.25) is 14.9 Å². The van der Waals surface area contributed by atoms with Crippen LogP contribution in [0, 0.1) is 6.92 Å². The second-order valence-electron chi connectivity index (χ2n) is 8.12. The van der Waals surface area contributed by atoms with Gasteiger partial charge in [0.2, 0.25) is 0 Å². The summed E-state index contributed by atoms with van der Waals surface area (Å²) in [6.07, 6.45) is 2.06. The fraction of sp³-hybridized carbons (Fsp3) is 0.179. The summed E-state index contributed by atoms with van der Waals surface area (Å²) in [5.74, 6) is -0.443. The fourth-order valence-corrected chi connectivity index (χ4v) is 3.91. The van der Waals surface area contributed by atoms with Crippen molar-refractivity contribution in [2.45, 2.75) is 26.9 Å². The van der Waals surface area contributed by atoms with Gasteiger partial charge in [-0.15, -0.1) is 0 Å². The first-order chi connectivity index (χ1) is 16.9. The fourth-order valence-electron chi connectivity index (χ4n) is 3.91. The molecular weight excluding hydrogens is 444 g/mol. The predicted octanol–water partition coefficient (Wildman–Crippen LogP) is 4.81. The summed E-state index contributed by atoms with van der Waals surface area (Å²) in [6, 6.07) is 19.4. The number of amides is 4. The van der Waals surface area contributed by atoms with Gasteiger partial charge in [0.1, 0.15) is 23.7 Å². The summed E-state index contributed by atoms with van der Waals surface area (Å²) in [5.41, 5.74) is 3.69. The maximum Gasteiger partial charge on any atom is 0.335 e. The largest absolute Gasteiger partial charge is 0.497 e. The number of hydrogen-bond acceptors (Lipinski definition) is 5. The summed E-state index contributed by atoms with van der Waals surface area (Å²) in [7, 11) is 1.55. The van der Waals surface area contributed by atoms with Crippen LogP contribution in [-0.4, -0.2) is 25.0 Å². The van der Waals surface area contributed by atoms with Crippen molar-refractivity contribution in [1.82, 2.24) is 5.32 Å². The van der Waals surface area contributed by atoms with Crippen molar-refractivity contribution in [3.63, 3.8) is 0 Å².